The number of piperidine rings is 1. The van der Waals surface area contributed by atoms with E-state index in [0.717, 1.165) is 36.7 Å². The summed E-state index contributed by atoms with van der Waals surface area (Å²) in [5, 5.41) is 3.11. The third kappa shape index (κ3) is 3.83. The van der Waals surface area contributed by atoms with Crippen LogP contribution in [0.4, 0.5) is 5.69 Å². The van der Waals surface area contributed by atoms with E-state index in [2.05, 4.69) is 49.2 Å². The van der Waals surface area contributed by atoms with E-state index in [1.54, 1.807) is 0 Å². The summed E-state index contributed by atoms with van der Waals surface area (Å²) in [6, 6.07) is 6.19. The lowest BCUT2D eigenvalue weighted by Gasteiger charge is -2.29. The summed E-state index contributed by atoms with van der Waals surface area (Å²) >= 11 is 0. The second-order valence-electron chi connectivity index (χ2n) is 5.97. The number of amides is 1. The Labute approximate surface area is 122 Å². The number of aryl methyl sites for hydroxylation is 2. The molecule has 1 N–H and O–H groups in total. The SMILES string of the molecule is CCc1cccc(C)c1NC(=O)CN1CCC(C)CC1. The molecule has 0 aromatic heterocycles. The van der Waals surface area contributed by atoms with Gasteiger partial charge in [0.15, 0.2) is 0 Å². The van der Waals surface area contributed by atoms with Crippen LogP contribution in [-0.2, 0) is 11.2 Å². The van der Waals surface area contributed by atoms with Crippen LogP contribution in [-0.4, -0.2) is 30.4 Å². The molecule has 1 aromatic rings. The first-order valence-corrected chi connectivity index (χ1v) is 7.70. The average Bonchev–Trinajstić information content (AvgIpc) is 2.43. The predicted molar refractivity (Wildman–Crippen MR) is 84.0 cm³/mol. The molecule has 110 valence electrons. The number of hydrogen-bond donors (Lipinski definition) is 1. The Balaban J connectivity index is 1.95. The van der Waals surface area contributed by atoms with Crippen molar-refractivity contribution in [3.05, 3.63) is 29.3 Å². The lowest BCUT2D eigenvalue weighted by atomic mass is 9.99. The van der Waals surface area contributed by atoms with Crippen LogP contribution in [0.3, 0.4) is 0 Å². The smallest absolute Gasteiger partial charge is 0.238 e. The Morgan fingerprint density at radius 2 is 2.05 bits per heavy atom. The number of benzene rings is 1. The first-order chi connectivity index (χ1) is 9.60. The minimum Gasteiger partial charge on any atom is -0.324 e. The summed E-state index contributed by atoms with van der Waals surface area (Å²) in [4.78, 5) is 14.5. The summed E-state index contributed by atoms with van der Waals surface area (Å²) in [6.07, 6.45) is 3.36. The second kappa shape index (κ2) is 6.89. The third-order valence-corrected chi connectivity index (χ3v) is 4.25. The van der Waals surface area contributed by atoms with Crippen LogP contribution in [0.25, 0.3) is 0 Å². The Bertz CT molecular complexity index is 462. The molecule has 1 amide bonds. The van der Waals surface area contributed by atoms with Crippen LogP contribution in [0.15, 0.2) is 18.2 Å². The molecule has 0 aliphatic carbocycles. The quantitative estimate of drug-likeness (QED) is 0.914. The second-order valence-corrected chi connectivity index (χ2v) is 5.97. The molecule has 1 saturated heterocycles. The highest BCUT2D eigenvalue weighted by atomic mass is 16.2. The molecular weight excluding hydrogens is 248 g/mol. The van der Waals surface area contributed by atoms with Crippen molar-refractivity contribution >= 4 is 11.6 Å². The first-order valence-electron chi connectivity index (χ1n) is 7.70. The van der Waals surface area contributed by atoms with Crippen molar-refractivity contribution < 1.29 is 4.79 Å². The van der Waals surface area contributed by atoms with Gasteiger partial charge >= 0.3 is 0 Å². The lowest BCUT2D eigenvalue weighted by molar-refractivity contribution is -0.117. The molecule has 0 saturated carbocycles. The lowest BCUT2D eigenvalue weighted by Crippen LogP contribution is -2.38. The molecule has 1 aliphatic heterocycles. The number of para-hydroxylation sites is 1. The van der Waals surface area contributed by atoms with Gasteiger partial charge in [-0.3, -0.25) is 9.69 Å². The zero-order valence-corrected chi connectivity index (χ0v) is 12.9. The number of hydrogen-bond acceptors (Lipinski definition) is 2. The van der Waals surface area contributed by atoms with Gasteiger partial charge in [0.05, 0.1) is 6.54 Å². The van der Waals surface area contributed by atoms with E-state index in [1.165, 1.54) is 18.4 Å². The molecule has 20 heavy (non-hydrogen) atoms. The number of nitrogens with zero attached hydrogens (tertiary/aromatic N) is 1. The van der Waals surface area contributed by atoms with Gasteiger partial charge in [0.1, 0.15) is 0 Å². The van der Waals surface area contributed by atoms with E-state index in [4.69, 9.17) is 0 Å². The van der Waals surface area contributed by atoms with Gasteiger partial charge in [-0.15, -0.1) is 0 Å². The van der Waals surface area contributed by atoms with Gasteiger partial charge in [-0.25, -0.2) is 0 Å². The van der Waals surface area contributed by atoms with E-state index in [-0.39, 0.29) is 5.91 Å². The summed E-state index contributed by atoms with van der Waals surface area (Å²) in [6.45, 7) is 9.07. The Kier molecular flexibility index (Phi) is 5.18. The number of carbonyl (C=O) groups is 1. The number of carbonyl (C=O) groups excluding carboxylic acids is 1. The van der Waals surface area contributed by atoms with Crippen LogP contribution < -0.4 is 5.32 Å². The number of anilines is 1. The molecule has 0 radical (unpaired) electrons. The fourth-order valence-electron chi connectivity index (χ4n) is 2.80. The highest BCUT2D eigenvalue weighted by molar-refractivity contribution is 5.93. The summed E-state index contributed by atoms with van der Waals surface area (Å²) < 4.78 is 0. The molecule has 0 bridgehead atoms. The minimum absolute atomic E-state index is 0.114. The molecule has 0 spiro atoms. The largest absolute Gasteiger partial charge is 0.324 e. The molecule has 1 aromatic carbocycles. The van der Waals surface area contributed by atoms with Crippen LogP contribution in [0, 0.1) is 12.8 Å². The van der Waals surface area contributed by atoms with Crippen LogP contribution >= 0.6 is 0 Å². The standard InChI is InChI=1S/C17H26N2O/c1-4-15-7-5-6-14(3)17(15)18-16(20)12-19-10-8-13(2)9-11-19/h5-7,13H,4,8-12H2,1-3H3,(H,18,20). The van der Waals surface area contributed by atoms with Crippen molar-refractivity contribution in [1.82, 2.24) is 4.90 Å². The summed E-state index contributed by atoms with van der Waals surface area (Å²) in [7, 11) is 0. The van der Waals surface area contributed by atoms with Gasteiger partial charge in [0.25, 0.3) is 0 Å². The minimum atomic E-state index is 0.114. The van der Waals surface area contributed by atoms with Gasteiger partial charge in [-0.05, 0) is 56.3 Å². The van der Waals surface area contributed by atoms with Gasteiger partial charge in [-0.1, -0.05) is 32.0 Å². The Morgan fingerprint density at radius 3 is 2.70 bits per heavy atom. The zero-order chi connectivity index (χ0) is 14.5. The molecule has 0 atom stereocenters. The van der Waals surface area contributed by atoms with Crippen LogP contribution in [0.2, 0.25) is 0 Å². The monoisotopic (exact) mass is 274 g/mol. The fourth-order valence-corrected chi connectivity index (χ4v) is 2.80. The average molecular weight is 274 g/mol. The molecule has 2 rings (SSSR count). The van der Waals surface area contributed by atoms with E-state index in [0.29, 0.717) is 6.54 Å². The number of likely N-dealkylation sites (tertiary alicyclic amines) is 1. The molecule has 1 aliphatic rings. The number of rotatable bonds is 4. The topological polar surface area (TPSA) is 32.3 Å². The summed E-state index contributed by atoms with van der Waals surface area (Å²) in [5.74, 6) is 0.918. The van der Waals surface area contributed by atoms with Gasteiger partial charge in [0, 0.05) is 5.69 Å². The molecule has 3 nitrogen and oxygen atoms in total. The van der Waals surface area contributed by atoms with Crippen LogP contribution in [0.1, 0.15) is 37.8 Å². The molecule has 3 heteroatoms. The molecule has 1 fully saturated rings. The van der Waals surface area contributed by atoms with Gasteiger partial charge in [0.2, 0.25) is 5.91 Å². The zero-order valence-electron chi connectivity index (χ0n) is 12.9. The first kappa shape index (κ1) is 15.0. The predicted octanol–water partition coefficient (Wildman–Crippen LogP) is 3.23. The van der Waals surface area contributed by atoms with E-state index in [1.807, 2.05) is 0 Å². The van der Waals surface area contributed by atoms with E-state index < -0.39 is 0 Å². The highest BCUT2D eigenvalue weighted by Crippen LogP contribution is 2.21. The van der Waals surface area contributed by atoms with E-state index in [9.17, 15) is 4.79 Å². The maximum Gasteiger partial charge on any atom is 0.238 e. The van der Waals surface area contributed by atoms with Crippen LogP contribution in [0.5, 0.6) is 0 Å². The highest BCUT2D eigenvalue weighted by Gasteiger charge is 2.18. The van der Waals surface area contributed by atoms with Crippen molar-refractivity contribution in [1.29, 1.82) is 0 Å². The molecule has 0 unspecified atom stereocenters. The Morgan fingerprint density at radius 1 is 1.35 bits per heavy atom. The Hall–Kier alpha value is -1.35. The van der Waals surface area contributed by atoms with Gasteiger partial charge in [-0.2, -0.15) is 0 Å². The van der Waals surface area contributed by atoms with Crippen molar-refractivity contribution in [2.75, 3.05) is 25.0 Å². The van der Waals surface area contributed by atoms with Gasteiger partial charge < -0.3 is 5.32 Å². The van der Waals surface area contributed by atoms with Crippen molar-refractivity contribution in [2.24, 2.45) is 5.92 Å². The number of nitrogens with one attached hydrogen (secondary N) is 1. The maximum atomic E-state index is 12.2. The maximum absolute atomic E-state index is 12.2. The fraction of sp³-hybridized carbons (Fsp3) is 0.588. The molecular formula is C17H26N2O. The summed E-state index contributed by atoms with van der Waals surface area (Å²) in [5.41, 5.74) is 3.36. The van der Waals surface area contributed by atoms with Crippen molar-refractivity contribution in [3.8, 4) is 0 Å². The van der Waals surface area contributed by atoms with Crippen molar-refractivity contribution in [2.45, 2.75) is 40.0 Å². The van der Waals surface area contributed by atoms with Crippen molar-refractivity contribution in [3.63, 3.8) is 0 Å². The molecule has 1 heterocycles. The van der Waals surface area contributed by atoms with E-state index >= 15 is 0 Å². The normalized spacial score (nSPS) is 17.1. The third-order valence-electron chi connectivity index (χ3n) is 4.25.